The van der Waals surface area contributed by atoms with Gasteiger partial charge in [-0.25, -0.2) is 9.97 Å². The average Bonchev–Trinajstić information content (AvgIpc) is 3.79. The Bertz CT molecular complexity index is 3000. The van der Waals surface area contributed by atoms with Gasteiger partial charge in [0.25, 0.3) is 0 Å². The lowest BCUT2D eigenvalue weighted by molar-refractivity contribution is 0.666. The second-order valence-electron chi connectivity index (χ2n) is 14.2. The van der Waals surface area contributed by atoms with Crippen LogP contribution in [0.4, 0.5) is 0 Å². The number of hydrogen-bond acceptors (Lipinski definition) is 2. The highest BCUT2D eigenvalue weighted by Gasteiger charge is 2.41. The summed E-state index contributed by atoms with van der Waals surface area (Å²) in [4.78, 5) is 11.1. The number of aromatic nitrogens is 4. The molecule has 4 heteroatoms. The van der Waals surface area contributed by atoms with Crippen LogP contribution in [0.1, 0.15) is 25.0 Å². The van der Waals surface area contributed by atoms with Crippen molar-refractivity contribution in [1.29, 1.82) is 0 Å². The Morgan fingerprint density at radius 1 is 0.471 bits per heavy atom. The molecule has 0 N–H and O–H groups in total. The van der Waals surface area contributed by atoms with Crippen molar-refractivity contribution in [3.05, 3.63) is 169 Å². The summed E-state index contributed by atoms with van der Waals surface area (Å²) < 4.78 is 4.74. The normalized spacial score (nSPS) is 13.5. The quantitative estimate of drug-likeness (QED) is 0.178. The summed E-state index contributed by atoms with van der Waals surface area (Å²) in [5, 5.41) is 6.99. The van der Waals surface area contributed by atoms with Crippen LogP contribution in [-0.4, -0.2) is 19.1 Å². The molecule has 0 bridgehead atoms. The topological polar surface area (TPSA) is 35.6 Å². The van der Waals surface area contributed by atoms with Crippen LogP contribution in [0, 0.1) is 0 Å². The molecular formula is C47H32N4. The summed E-state index contributed by atoms with van der Waals surface area (Å²) >= 11 is 0. The number of fused-ring (bicyclic) bond motifs is 11. The fraction of sp³-hybridized carbons (Fsp3) is 0.0638. The standard InChI is InChI=1S/C47H32N4/c1-47(2)37-24-12-8-22-34(37)45-42(47)35-23-11-15-27-40(35)51(45)46-48-43(29-16-4-3-5-17-29)36-28-41(32-20-6-7-21-33(32)44(36)49-46)50-38-25-13-9-18-30(38)31-19-10-14-26-39(31)50/h3-28H,1-2H3. The van der Waals surface area contributed by atoms with Crippen LogP contribution >= 0.6 is 0 Å². The number of benzene rings is 7. The molecule has 7 aromatic carbocycles. The van der Waals surface area contributed by atoms with E-state index in [1.165, 1.54) is 49.6 Å². The van der Waals surface area contributed by atoms with Crippen LogP contribution in [0.15, 0.2) is 158 Å². The number of hydrogen-bond donors (Lipinski definition) is 0. The van der Waals surface area contributed by atoms with E-state index in [-0.39, 0.29) is 5.41 Å². The molecule has 240 valence electrons. The monoisotopic (exact) mass is 652 g/mol. The molecule has 11 rings (SSSR count). The first-order chi connectivity index (χ1) is 25.1. The maximum atomic E-state index is 5.57. The van der Waals surface area contributed by atoms with Gasteiger partial charge in [0.15, 0.2) is 0 Å². The second-order valence-corrected chi connectivity index (χ2v) is 14.2. The fourth-order valence-corrected chi connectivity index (χ4v) is 8.91. The van der Waals surface area contributed by atoms with Gasteiger partial charge in [-0.3, -0.25) is 4.57 Å². The fourth-order valence-electron chi connectivity index (χ4n) is 8.91. The third-order valence-corrected chi connectivity index (χ3v) is 11.1. The third-order valence-electron chi connectivity index (χ3n) is 11.1. The van der Waals surface area contributed by atoms with Gasteiger partial charge in [0, 0.05) is 48.9 Å². The molecule has 4 nitrogen and oxygen atoms in total. The highest BCUT2D eigenvalue weighted by Crippen LogP contribution is 2.53. The number of nitrogens with zero attached hydrogens (tertiary/aromatic N) is 4. The van der Waals surface area contributed by atoms with E-state index in [0.29, 0.717) is 5.95 Å². The van der Waals surface area contributed by atoms with Crippen LogP contribution in [0.3, 0.4) is 0 Å². The molecule has 10 aromatic rings. The summed E-state index contributed by atoms with van der Waals surface area (Å²) in [7, 11) is 0. The Labute approximate surface area is 294 Å². The van der Waals surface area contributed by atoms with Gasteiger partial charge < -0.3 is 4.57 Å². The van der Waals surface area contributed by atoms with E-state index in [9.17, 15) is 0 Å². The van der Waals surface area contributed by atoms with Crippen molar-refractivity contribution >= 4 is 54.4 Å². The zero-order valence-electron chi connectivity index (χ0n) is 28.3. The third kappa shape index (κ3) is 3.79. The Hall–Kier alpha value is -6.52. The van der Waals surface area contributed by atoms with E-state index in [0.717, 1.165) is 44.1 Å². The van der Waals surface area contributed by atoms with Gasteiger partial charge >= 0.3 is 0 Å². The SMILES string of the molecule is CC1(C)c2ccccc2-c2c1c1ccccc1n2-c1nc(-c2ccccc2)c2cc(-n3c4ccccc4c4ccccc43)c3ccccc3c2n1. The van der Waals surface area contributed by atoms with Crippen molar-refractivity contribution in [3.63, 3.8) is 0 Å². The van der Waals surface area contributed by atoms with Gasteiger partial charge in [0.1, 0.15) is 0 Å². The average molecular weight is 653 g/mol. The Morgan fingerprint density at radius 2 is 1.02 bits per heavy atom. The van der Waals surface area contributed by atoms with E-state index in [2.05, 4.69) is 181 Å². The summed E-state index contributed by atoms with van der Waals surface area (Å²) in [5.41, 5.74) is 12.4. The van der Waals surface area contributed by atoms with E-state index in [1.807, 2.05) is 0 Å². The van der Waals surface area contributed by atoms with Crippen LogP contribution in [0.25, 0.3) is 88.5 Å². The van der Waals surface area contributed by atoms with Crippen molar-refractivity contribution in [2.24, 2.45) is 0 Å². The first-order valence-corrected chi connectivity index (χ1v) is 17.6. The first kappa shape index (κ1) is 28.3. The molecule has 0 saturated carbocycles. The molecular weight excluding hydrogens is 621 g/mol. The zero-order chi connectivity index (χ0) is 33.8. The maximum Gasteiger partial charge on any atom is 0.235 e. The first-order valence-electron chi connectivity index (χ1n) is 17.6. The zero-order valence-corrected chi connectivity index (χ0v) is 28.3. The lowest BCUT2D eigenvalue weighted by Gasteiger charge is -2.21. The Morgan fingerprint density at radius 3 is 1.73 bits per heavy atom. The van der Waals surface area contributed by atoms with Crippen LogP contribution in [0.5, 0.6) is 0 Å². The molecule has 0 fully saturated rings. The minimum atomic E-state index is -0.167. The summed E-state index contributed by atoms with van der Waals surface area (Å²) in [6, 6.07) is 56.6. The van der Waals surface area contributed by atoms with Crippen LogP contribution < -0.4 is 0 Å². The lowest BCUT2D eigenvalue weighted by atomic mass is 9.81. The van der Waals surface area contributed by atoms with E-state index < -0.39 is 0 Å². The highest BCUT2D eigenvalue weighted by atomic mass is 15.2. The summed E-state index contributed by atoms with van der Waals surface area (Å²) in [6.45, 7) is 4.68. The van der Waals surface area contributed by atoms with Gasteiger partial charge in [0.05, 0.1) is 39.1 Å². The van der Waals surface area contributed by atoms with Crippen molar-refractivity contribution in [3.8, 4) is 34.2 Å². The molecule has 0 radical (unpaired) electrons. The summed E-state index contributed by atoms with van der Waals surface area (Å²) in [6.07, 6.45) is 0. The maximum absolute atomic E-state index is 5.57. The summed E-state index contributed by atoms with van der Waals surface area (Å²) in [5.74, 6) is 0.682. The van der Waals surface area contributed by atoms with Crippen LogP contribution in [0.2, 0.25) is 0 Å². The molecule has 0 unspecified atom stereocenters. The van der Waals surface area contributed by atoms with Crippen molar-refractivity contribution in [2.45, 2.75) is 19.3 Å². The second kappa shape index (κ2) is 10.3. The molecule has 1 aliphatic carbocycles. The van der Waals surface area contributed by atoms with Crippen molar-refractivity contribution in [1.82, 2.24) is 19.1 Å². The van der Waals surface area contributed by atoms with Gasteiger partial charge in [0.2, 0.25) is 5.95 Å². The Kier molecular flexibility index (Phi) is 5.70. The molecule has 1 aliphatic rings. The largest absolute Gasteiger partial charge is 0.309 e. The molecule has 0 spiro atoms. The number of rotatable bonds is 3. The highest BCUT2D eigenvalue weighted by molar-refractivity contribution is 6.16. The molecule has 51 heavy (non-hydrogen) atoms. The van der Waals surface area contributed by atoms with Crippen LogP contribution in [-0.2, 0) is 5.41 Å². The van der Waals surface area contributed by atoms with Gasteiger partial charge in [-0.2, -0.15) is 0 Å². The van der Waals surface area contributed by atoms with Gasteiger partial charge in [-0.05, 0) is 35.4 Å². The lowest BCUT2D eigenvalue weighted by Crippen LogP contribution is -2.14. The number of para-hydroxylation sites is 3. The minimum absolute atomic E-state index is 0.167. The molecule has 3 aromatic heterocycles. The van der Waals surface area contributed by atoms with Crippen molar-refractivity contribution < 1.29 is 0 Å². The molecule has 0 amide bonds. The van der Waals surface area contributed by atoms with E-state index >= 15 is 0 Å². The smallest absolute Gasteiger partial charge is 0.235 e. The van der Waals surface area contributed by atoms with E-state index in [4.69, 9.17) is 9.97 Å². The van der Waals surface area contributed by atoms with Gasteiger partial charge in [-0.1, -0.05) is 147 Å². The molecule has 0 atom stereocenters. The van der Waals surface area contributed by atoms with Crippen molar-refractivity contribution in [2.75, 3.05) is 0 Å². The minimum Gasteiger partial charge on any atom is -0.309 e. The predicted octanol–water partition coefficient (Wildman–Crippen LogP) is 11.8. The molecule has 3 heterocycles. The predicted molar refractivity (Wildman–Crippen MR) is 211 cm³/mol. The Balaban J connectivity index is 1.30. The molecule has 0 aliphatic heterocycles. The van der Waals surface area contributed by atoms with Gasteiger partial charge in [-0.15, -0.1) is 0 Å². The van der Waals surface area contributed by atoms with E-state index in [1.54, 1.807) is 0 Å². The molecule has 0 saturated heterocycles.